The summed E-state index contributed by atoms with van der Waals surface area (Å²) in [4.78, 5) is 4.22. The van der Waals surface area contributed by atoms with Crippen molar-refractivity contribution in [3.63, 3.8) is 0 Å². The lowest BCUT2D eigenvalue weighted by molar-refractivity contribution is 1.10. The standard InChI is InChI=1S/C62H38N4/c1-64-56-39-62(66-59-31-27-48(44-20-10-4-11-21-44)36-54(59)55-37-49(28-32-60(55)66)45-22-12-5-13-23-45)61(38-51(56)50-24-14-15-41(33-50)40-63)65-57-29-25-46(42-16-6-2-7-17-42)34-52(57)53-35-47(26-30-58(53)65)43-18-8-3-9-19-43/h2-39H. The molecule has 12 rings (SSSR count). The van der Waals surface area contributed by atoms with Gasteiger partial charge in [0.25, 0.3) is 0 Å². The van der Waals surface area contributed by atoms with Crippen molar-refractivity contribution in [3.05, 3.63) is 248 Å². The van der Waals surface area contributed by atoms with Crippen LogP contribution in [0.4, 0.5) is 5.69 Å². The van der Waals surface area contributed by atoms with Crippen molar-refractivity contribution in [2.45, 2.75) is 0 Å². The molecule has 4 heteroatoms. The number of nitrogens with zero attached hydrogens (tertiary/aromatic N) is 4. The molecule has 0 bridgehead atoms. The molecule has 0 N–H and O–H groups in total. The van der Waals surface area contributed by atoms with E-state index in [0.29, 0.717) is 11.3 Å². The zero-order valence-electron chi connectivity index (χ0n) is 35.7. The third kappa shape index (κ3) is 6.45. The molecule has 0 radical (unpaired) electrons. The quantitative estimate of drug-likeness (QED) is 0.147. The molecule has 0 atom stereocenters. The Labute approximate surface area is 382 Å². The molecule has 0 unspecified atom stereocenters. The zero-order chi connectivity index (χ0) is 44.1. The van der Waals surface area contributed by atoms with Crippen molar-refractivity contribution in [1.29, 1.82) is 5.26 Å². The summed E-state index contributed by atoms with van der Waals surface area (Å²) >= 11 is 0. The number of fused-ring (bicyclic) bond motifs is 6. The lowest BCUT2D eigenvalue weighted by Gasteiger charge is -2.20. The number of benzene rings is 10. The molecule has 0 amide bonds. The van der Waals surface area contributed by atoms with Crippen molar-refractivity contribution in [3.8, 4) is 73.1 Å². The second kappa shape index (κ2) is 15.8. The topological polar surface area (TPSA) is 38.0 Å². The van der Waals surface area contributed by atoms with Crippen LogP contribution in [-0.4, -0.2) is 9.13 Å². The Morgan fingerprint density at radius 1 is 0.333 bits per heavy atom. The molecule has 0 aliphatic carbocycles. The third-order valence-corrected chi connectivity index (χ3v) is 13.0. The van der Waals surface area contributed by atoms with E-state index < -0.39 is 0 Å². The molecule has 0 saturated carbocycles. The van der Waals surface area contributed by atoms with E-state index in [-0.39, 0.29) is 0 Å². The first-order chi connectivity index (χ1) is 32.6. The summed E-state index contributed by atoms with van der Waals surface area (Å²) in [6, 6.07) is 83.3. The summed E-state index contributed by atoms with van der Waals surface area (Å²) in [5, 5.41) is 14.5. The molecule has 4 nitrogen and oxygen atoms in total. The van der Waals surface area contributed by atoms with Crippen molar-refractivity contribution in [1.82, 2.24) is 9.13 Å². The van der Waals surface area contributed by atoms with Gasteiger partial charge in [-0.25, -0.2) is 4.85 Å². The minimum absolute atomic E-state index is 0.499. The second-order valence-corrected chi connectivity index (χ2v) is 16.7. The highest BCUT2D eigenvalue weighted by atomic mass is 15.1. The molecule has 306 valence electrons. The Kier molecular flexibility index (Phi) is 9.23. The molecule has 0 fully saturated rings. The van der Waals surface area contributed by atoms with Crippen LogP contribution >= 0.6 is 0 Å². The van der Waals surface area contributed by atoms with Crippen LogP contribution < -0.4 is 0 Å². The van der Waals surface area contributed by atoms with Gasteiger partial charge in [0.15, 0.2) is 5.69 Å². The van der Waals surface area contributed by atoms with Crippen LogP contribution in [0.3, 0.4) is 0 Å². The molecule has 66 heavy (non-hydrogen) atoms. The SMILES string of the molecule is [C-]#[N+]c1cc(-n2c3ccc(-c4ccccc4)cc3c3cc(-c4ccccc4)ccc32)c(-n2c3ccc(-c4ccccc4)cc3c3cc(-c4ccccc4)ccc32)cc1-c1cccc(C#N)c1. The molecular weight excluding hydrogens is 801 g/mol. The van der Waals surface area contributed by atoms with Crippen LogP contribution in [0.2, 0.25) is 0 Å². The number of hydrogen-bond donors (Lipinski definition) is 0. The Morgan fingerprint density at radius 2 is 0.682 bits per heavy atom. The van der Waals surface area contributed by atoms with Gasteiger partial charge < -0.3 is 9.13 Å². The summed E-state index contributed by atoms with van der Waals surface area (Å²) in [6.45, 7) is 8.69. The average Bonchev–Trinajstić information content (AvgIpc) is 3.90. The predicted octanol–water partition coefficient (Wildman–Crippen LogP) is 16.6. The van der Waals surface area contributed by atoms with E-state index >= 15 is 0 Å². The summed E-state index contributed by atoms with van der Waals surface area (Å²) in [5.74, 6) is 0. The normalized spacial score (nSPS) is 11.3. The van der Waals surface area contributed by atoms with Crippen LogP contribution in [-0.2, 0) is 0 Å². The van der Waals surface area contributed by atoms with Gasteiger partial charge in [0, 0.05) is 21.5 Å². The third-order valence-electron chi connectivity index (χ3n) is 13.0. The molecule has 0 aliphatic rings. The number of hydrogen-bond acceptors (Lipinski definition) is 1. The molecule has 2 heterocycles. The summed E-state index contributed by atoms with van der Waals surface area (Å²) in [6.07, 6.45) is 0. The van der Waals surface area contributed by atoms with E-state index in [0.717, 1.165) is 111 Å². The maximum atomic E-state index is 10.0. The monoisotopic (exact) mass is 838 g/mol. The minimum Gasteiger partial charge on any atom is -0.308 e. The van der Waals surface area contributed by atoms with Crippen molar-refractivity contribution >= 4 is 49.3 Å². The maximum Gasteiger partial charge on any atom is 0.197 e. The van der Waals surface area contributed by atoms with Crippen LogP contribution in [0.1, 0.15) is 5.56 Å². The van der Waals surface area contributed by atoms with Gasteiger partial charge in [-0.15, -0.1) is 0 Å². The number of rotatable bonds is 7. The van der Waals surface area contributed by atoms with Crippen molar-refractivity contribution in [2.75, 3.05) is 0 Å². The van der Waals surface area contributed by atoms with Gasteiger partial charge in [0.05, 0.1) is 51.6 Å². The molecule has 12 aromatic rings. The minimum atomic E-state index is 0.499. The van der Waals surface area contributed by atoms with Crippen molar-refractivity contribution < 1.29 is 0 Å². The lowest BCUT2D eigenvalue weighted by Crippen LogP contribution is -2.04. The van der Waals surface area contributed by atoms with E-state index in [9.17, 15) is 5.26 Å². The van der Waals surface area contributed by atoms with Gasteiger partial charge >= 0.3 is 0 Å². The smallest absolute Gasteiger partial charge is 0.197 e. The molecule has 2 aromatic heterocycles. The molecule has 0 spiro atoms. The van der Waals surface area contributed by atoms with E-state index in [1.54, 1.807) is 0 Å². The van der Waals surface area contributed by atoms with Gasteiger partial charge in [0.1, 0.15) is 0 Å². The van der Waals surface area contributed by atoms with Crippen LogP contribution in [0.15, 0.2) is 231 Å². The Balaban J connectivity index is 1.21. The average molecular weight is 839 g/mol. The number of aromatic nitrogens is 2. The van der Waals surface area contributed by atoms with E-state index in [4.69, 9.17) is 6.57 Å². The molecule has 0 saturated heterocycles. The second-order valence-electron chi connectivity index (χ2n) is 16.7. The van der Waals surface area contributed by atoms with Crippen LogP contribution in [0, 0.1) is 17.9 Å². The highest BCUT2D eigenvalue weighted by Crippen LogP contribution is 2.45. The first-order valence-electron chi connectivity index (χ1n) is 22.1. The summed E-state index contributed by atoms with van der Waals surface area (Å²) < 4.78 is 4.73. The largest absolute Gasteiger partial charge is 0.308 e. The fraction of sp³-hybridized carbons (Fsp3) is 0. The van der Waals surface area contributed by atoms with Gasteiger partial charge in [-0.2, -0.15) is 5.26 Å². The van der Waals surface area contributed by atoms with Gasteiger partial charge in [-0.1, -0.05) is 158 Å². The van der Waals surface area contributed by atoms with Gasteiger partial charge in [-0.3, -0.25) is 0 Å². The zero-order valence-corrected chi connectivity index (χ0v) is 35.7. The maximum absolute atomic E-state index is 10.0. The fourth-order valence-electron chi connectivity index (χ4n) is 9.81. The highest BCUT2D eigenvalue weighted by Gasteiger charge is 2.24. The van der Waals surface area contributed by atoms with Crippen LogP contribution in [0.25, 0.3) is 115 Å². The first-order valence-corrected chi connectivity index (χ1v) is 22.1. The number of nitriles is 1. The lowest BCUT2D eigenvalue weighted by atomic mass is 9.99. The fourth-order valence-corrected chi connectivity index (χ4v) is 9.81. The van der Waals surface area contributed by atoms with Crippen LogP contribution in [0.5, 0.6) is 0 Å². The van der Waals surface area contributed by atoms with Gasteiger partial charge in [-0.05, 0) is 128 Å². The molecular formula is C62H38N4. The first kappa shape index (κ1) is 38.5. The van der Waals surface area contributed by atoms with Gasteiger partial charge in [0.2, 0.25) is 0 Å². The Morgan fingerprint density at radius 3 is 1.03 bits per heavy atom. The van der Waals surface area contributed by atoms with E-state index in [2.05, 4.69) is 226 Å². The Hall–Kier alpha value is -9.22. The van der Waals surface area contributed by atoms with E-state index in [1.807, 2.05) is 24.3 Å². The molecule has 0 aliphatic heterocycles. The Bertz CT molecular complexity index is 3730. The predicted molar refractivity (Wildman–Crippen MR) is 273 cm³/mol. The molecule has 10 aromatic carbocycles. The highest BCUT2D eigenvalue weighted by molar-refractivity contribution is 6.14. The van der Waals surface area contributed by atoms with Crippen molar-refractivity contribution in [2.24, 2.45) is 0 Å². The summed E-state index contributed by atoms with van der Waals surface area (Å²) in [7, 11) is 0. The summed E-state index contributed by atoms with van der Waals surface area (Å²) in [5.41, 5.74) is 17.7. The van der Waals surface area contributed by atoms with E-state index in [1.165, 1.54) is 0 Å².